The standard InChI is InChI=1S/C19H37N5O/c1-18(2,3)23-9-14-7-22(8-15(14)10-23)13-19(4,5)24-11-16(20)17(12-24)21-25-6/h14-16H,7-13,20H2,1-6H3/b21-17+/t14?,15?,16-/m0/s1. The Kier molecular flexibility index (Phi) is 5.19. The number of likely N-dealkylation sites (tertiary alicyclic amines) is 3. The molecule has 0 spiro atoms. The van der Waals surface area contributed by atoms with Crippen molar-refractivity contribution in [2.45, 2.75) is 51.7 Å². The zero-order valence-electron chi connectivity index (χ0n) is 17.0. The Labute approximate surface area is 153 Å². The smallest absolute Gasteiger partial charge is 0.106 e. The summed E-state index contributed by atoms with van der Waals surface area (Å²) < 4.78 is 0. The van der Waals surface area contributed by atoms with Gasteiger partial charge in [0.15, 0.2) is 0 Å². The fraction of sp³-hybridized carbons (Fsp3) is 0.947. The van der Waals surface area contributed by atoms with Gasteiger partial charge in [-0.25, -0.2) is 0 Å². The molecule has 3 atom stereocenters. The normalized spacial score (nSPS) is 34.2. The summed E-state index contributed by atoms with van der Waals surface area (Å²) in [4.78, 5) is 12.7. The molecule has 0 aromatic rings. The molecule has 144 valence electrons. The third-order valence-electron chi connectivity index (χ3n) is 6.38. The lowest BCUT2D eigenvalue weighted by atomic mass is 10.0. The molecule has 3 fully saturated rings. The number of nitrogens with two attached hydrogens (primary N) is 1. The predicted octanol–water partition coefficient (Wildman–Crippen LogP) is 1.07. The largest absolute Gasteiger partial charge is 0.399 e. The van der Waals surface area contributed by atoms with Crippen LogP contribution in [0.25, 0.3) is 0 Å². The lowest BCUT2D eigenvalue weighted by Gasteiger charge is -2.39. The molecule has 3 heterocycles. The van der Waals surface area contributed by atoms with Crippen molar-refractivity contribution in [2.24, 2.45) is 22.7 Å². The monoisotopic (exact) mass is 351 g/mol. The maximum atomic E-state index is 6.22. The number of hydrogen-bond donors (Lipinski definition) is 1. The Bertz CT molecular complexity index is 498. The molecule has 3 saturated heterocycles. The van der Waals surface area contributed by atoms with Crippen LogP contribution in [0.2, 0.25) is 0 Å². The Morgan fingerprint density at radius 1 is 1.00 bits per heavy atom. The van der Waals surface area contributed by atoms with E-state index in [0.29, 0.717) is 5.54 Å². The van der Waals surface area contributed by atoms with E-state index < -0.39 is 0 Å². The van der Waals surface area contributed by atoms with E-state index in [1.807, 2.05) is 0 Å². The highest BCUT2D eigenvalue weighted by Crippen LogP contribution is 2.35. The van der Waals surface area contributed by atoms with Crippen molar-refractivity contribution in [3.63, 3.8) is 0 Å². The molecule has 0 radical (unpaired) electrons. The van der Waals surface area contributed by atoms with Crippen LogP contribution in [0, 0.1) is 11.8 Å². The van der Waals surface area contributed by atoms with Gasteiger partial charge in [-0.2, -0.15) is 0 Å². The molecule has 2 unspecified atom stereocenters. The van der Waals surface area contributed by atoms with E-state index in [4.69, 9.17) is 10.6 Å². The highest BCUT2D eigenvalue weighted by atomic mass is 16.6. The van der Waals surface area contributed by atoms with Crippen LogP contribution in [0.4, 0.5) is 0 Å². The molecule has 0 saturated carbocycles. The summed E-state index contributed by atoms with van der Waals surface area (Å²) in [5.74, 6) is 1.67. The van der Waals surface area contributed by atoms with Crippen LogP contribution in [0.1, 0.15) is 34.6 Å². The van der Waals surface area contributed by atoms with Crippen LogP contribution in [-0.2, 0) is 4.84 Å². The maximum Gasteiger partial charge on any atom is 0.106 e. The van der Waals surface area contributed by atoms with Crippen LogP contribution < -0.4 is 5.73 Å². The van der Waals surface area contributed by atoms with E-state index in [-0.39, 0.29) is 11.6 Å². The Balaban J connectivity index is 1.55. The first-order chi connectivity index (χ1) is 11.6. The minimum Gasteiger partial charge on any atom is -0.399 e. The first-order valence-corrected chi connectivity index (χ1v) is 9.68. The summed E-state index contributed by atoms with van der Waals surface area (Å²) in [5, 5.41) is 4.11. The van der Waals surface area contributed by atoms with Gasteiger partial charge in [-0.15, -0.1) is 0 Å². The molecule has 2 N–H and O–H groups in total. The maximum absolute atomic E-state index is 6.22. The molecular formula is C19H37N5O. The molecule has 3 aliphatic rings. The number of rotatable bonds is 4. The van der Waals surface area contributed by atoms with Gasteiger partial charge in [-0.3, -0.25) is 9.80 Å². The first-order valence-electron chi connectivity index (χ1n) is 9.68. The predicted molar refractivity (Wildman–Crippen MR) is 103 cm³/mol. The second-order valence-corrected chi connectivity index (χ2v) is 9.85. The van der Waals surface area contributed by atoms with Gasteiger partial charge in [0.2, 0.25) is 0 Å². The summed E-state index contributed by atoms with van der Waals surface area (Å²) >= 11 is 0. The lowest BCUT2D eigenvalue weighted by molar-refractivity contribution is 0.0955. The fourth-order valence-electron chi connectivity index (χ4n) is 4.81. The quantitative estimate of drug-likeness (QED) is 0.768. The van der Waals surface area contributed by atoms with Crippen molar-refractivity contribution >= 4 is 5.71 Å². The second-order valence-electron chi connectivity index (χ2n) is 9.85. The third kappa shape index (κ3) is 4.02. The molecular weight excluding hydrogens is 314 g/mol. The lowest BCUT2D eigenvalue weighted by Crippen LogP contribution is -2.51. The third-order valence-corrected chi connectivity index (χ3v) is 6.38. The van der Waals surface area contributed by atoms with Crippen molar-refractivity contribution in [1.82, 2.24) is 14.7 Å². The van der Waals surface area contributed by atoms with Gasteiger partial charge in [-0.05, 0) is 46.5 Å². The van der Waals surface area contributed by atoms with Gasteiger partial charge >= 0.3 is 0 Å². The van der Waals surface area contributed by atoms with Gasteiger partial charge < -0.3 is 15.5 Å². The molecule has 6 heteroatoms. The number of oxime groups is 1. The van der Waals surface area contributed by atoms with Crippen LogP contribution in [0.3, 0.4) is 0 Å². The molecule has 3 rings (SSSR count). The van der Waals surface area contributed by atoms with Crippen molar-refractivity contribution in [1.29, 1.82) is 0 Å². The van der Waals surface area contributed by atoms with Crippen molar-refractivity contribution in [2.75, 3.05) is 52.9 Å². The van der Waals surface area contributed by atoms with Gasteiger partial charge in [0.1, 0.15) is 7.11 Å². The van der Waals surface area contributed by atoms with E-state index in [1.54, 1.807) is 7.11 Å². The molecule has 25 heavy (non-hydrogen) atoms. The SMILES string of the molecule is CO/N=C1\CN(C(C)(C)CN2CC3CN(C(C)(C)C)CC3C2)C[C@@H]1N. The van der Waals surface area contributed by atoms with E-state index in [2.05, 4.69) is 54.5 Å². The minimum absolute atomic E-state index is 0.00229. The zero-order valence-corrected chi connectivity index (χ0v) is 17.0. The Morgan fingerprint density at radius 3 is 2.12 bits per heavy atom. The molecule has 6 nitrogen and oxygen atoms in total. The molecule has 0 bridgehead atoms. The minimum atomic E-state index is -0.00229. The topological polar surface area (TPSA) is 57.3 Å². The van der Waals surface area contributed by atoms with Gasteiger partial charge in [0.25, 0.3) is 0 Å². The van der Waals surface area contributed by atoms with Crippen molar-refractivity contribution < 1.29 is 4.84 Å². The average molecular weight is 352 g/mol. The highest BCUT2D eigenvalue weighted by molar-refractivity contribution is 5.93. The average Bonchev–Trinajstić information content (AvgIpc) is 3.12. The highest BCUT2D eigenvalue weighted by Gasteiger charge is 2.45. The second kappa shape index (κ2) is 6.80. The fourth-order valence-corrected chi connectivity index (χ4v) is 4.81. The molecule has 0 amide bonds. The zero-order chi connectivity index (χ0) is 18.4. The van der Waals surface area contributed by atoms with Gasteiger partial charge in [0.05, 0.1) is 11.8 Å². The summed E-state index contributed by atoms with van der Waals surface area (Å²) in [6.07, 6.45) is 0. The molecule has 0 aromatic carbocycles. The summed E-state index contributed by atoms with van der Waals surface area (Å²) in [6, 6.07) is -0.00229. The molecule has 0 aliphatic carbocycles. The first kappa shape index (κ1) is 19.1. The van der Waals surface area contributed by atoms with E-state index >= 15 is 0 Å². The van der Waals surface area contributed by atoms with Crippen LogP contribution >= 0.6 is 0 Å². The van der Waals surface area contributed by atoms with Crippen molar-refractivity contribution in [3.8, 4) is 0 Å². The number of hydrogen-bond acceptors (Lipinski definition) is 6. The van der Waals surface area contributed by atoms with Crippen LogP contribution in [-0.4, -0.2) is 90.5 Å². The Hall–Kier alpha value is -0.690. The van der Waals surface area contributed by atoms with Crippen molar-refractivity contribution in [3.05, 3.63) is 0 Å². The van der Waals surface area contributed by atoms with Crippen LogP contribution in [0.15, 0.2) is 5.16 Å². The van der Waals surface area contributed by atoms with E-state index in [1.165, 1.54) is 26.2 Å². The van der Waals surface area contributed by atoms with E-state index in [9.17, 15) is 0 Å². The summed E-state index contributed by atoms with van der Waals surface area (Å²) in [5.41, 5.74) is 7.59. The number of fused-ring (bicyclic) bond motifs is 1. The van der Waals surface area contributed by atoms with Gasteiger partial charge in [-0.1, -0.05) is 5.16 Å². The molecule has 3 aliphatic heterocycles. The van der Waals surface area contributed by atoms with E-state index in [0.717, 1.165) is 37.2 Å². The summed E-state index contributed by atoms with van der Waals surface area (Å²) in [7, 11) is 1.59. The molecule has 0 aromatic heterocycles. The summed E-state index contributed by atoms with van der Waals surface area (Å²) in [6.45, 7) is 19.5. The Morgan fingerprint density at radius 2 is 1.60 bits per heavy atom. The van der Waals surface area contributed by atoms with Gasteiger partial charge in [0, 0.05) is 56.9 Å². The van der Waals surface area contributed by atoms with Crippen LogP contribution in [0.5, 0.6) is 0 Å². The number of nitrogens with zero attached hydrogens (tertiary/aromatic N) is 4.